The number of methoxy groups -OCH3 is 1. The number of hydrogen-bond acceptors (Lipinski definition) is 4. The minimum Gasteiger partial charge on any atom is -0.497 e. The van der Waals surface area contributed by atoms with Crippen molar-refractivity contribution in [1.29, 1.82) is 0 Å². The van der Waals surface area contributed by atoms with Crippen molar-refractivity contribution in [1.82, 2.24) is 4.90 Å². The third-order valence-corrected chi connectivity index (χ3v) is 5.81. The monoisotopic (exact) mass is 369 g/mol. The highest BCUT2D eigenvalue weighted by Crippen LogP contribution is 2.32. The predicted octanol–water partition coefficient (Wildman–Crippen LogP) is 3.58. The second-order valence-corrected chi connectivity index (χ2v) is 7.62. The number of likely N-dealkylation sites (tertiary alicyclic amines) is 1. The Balaban J connectivity index is 1.62. The number of ether oxygens (including phenoxy) is 1. The van der Waals surface area contributed by atoms with Crippen LogP contribution in [0.3, 0.4) is 0 Å². The van der Waals surface area contributed by atoms with Crippen molar-refractivity contribution in [3.8, 4) is 5.75 Å². The van der Waals surface area contributed by atoms with Gasteiger partial charge in [0, 0.05) is 25.6 Å². The van der Waals surface area contributed by atoms with Crippen LogP contribution in [0, 0.1) is 0 Å². The molecule has 2 N–H and O–H groups in total. The van der Waals surface area contributed by atoms with Crippen molar-refractivity contribution in [2.75, 3.05) is 20.2 Å². The highest BCUT2D eigenvalue weighted by Gasteiger charge is 2.36. The average Bonchev–Trinajstić information content (AvgIpc) is 2.70. The molecule has 1 fully saturated rings. The van der Waals surface area contributed by atoms with Crippen LogP contribution in [0.2, 0.25) is 0 Å². The Labute approximate surface area is 162 Å². The second kappa shape index (κ2) is 8.87. The van der Waals surface area contributed by atoms with Gasteiger partial charge in [-0.2, -0.15) is 0 Å². The number of benzene rings is 2. The summed E-state index contributed by atoms with van der Waals surface area (Å²) in [4.78, 5) is 2.33. The molecule has 0 saturated carbocycles. The van der Waals surface area contributed by atoms with Gasteiger partial charge in [-0.3, -0.25) is 4.90 Å². The lowest BCUT2D eigenvalue weighted by atomic mass is 9.84. The van der Waals surface area contributed by atoms with Gasteiger partial charge in [-0.15, -0.1) is 0 Å². The topological polar surface area (TPSA) is 52.9 Å². The van der Waals surface area contributed by atoms with Crippen molar-refractivity contribution in [3.05, 3.63) is 65.7 Å². The second-order valence-electron chi connectivity index (χ2n) is 7.62. The zero-order chi connectivity index (χ0) is 19.3. The molecular weight excluding hydrogens is 338 g/mol. The Kier molecular flexibility index (Phi) is 6.53. The van der Waals surface area contributed by atoms with Crippen LogP contribution in [0.15, 0.2) is 54.6 Å². The fourth-order valence-corrected chi connectivity index (χ4v) is 4.13. The highest BCUT2D eigenvalue weighted by atomic mass is 16.5. The number of hydrogen-bond donors (Lipinski definition) is 2. The summed E-state index contributed by atoms with van der Waals surface area (Å²) in [5, 5.41) is 21.9. The maximum absolute atomic E-state index is 11.0. The molecule has 2 aromatic rings. The lowest BCUT2D eigenvalue weighted by Crippen LogP contribution is -2.50. The molecule has 1 aliphatic rings. The Hall–Kier alpha value is -1.88. The Bertz CT molecular complexity index is 693. The minimum atomic E-state index is -0.652. The number of aliphatic hydroxyl groups is 2. The van der Waals surface area contributed by atoms with Gasteiger partial charge in [0.15, 0.2) is 0 Å². The summed E-state index contributed by atoms with van der Waals surface area (Å²) in [5.41, 5.74) is 1.44. The van der Waals surface area contributed by atoms with Gasteiger partial charge < -0.3 is 14.9 Å². The average molecular weight is 370 g/mol. The van der Waals surface area contributed by atoms with Gasteiger partial charge in [-0.25, -0.2) is 0 Å². The normalized spacial score (nSPS) is 19.4. The van der Waals surface area contributed by atoms with Gasteiger partial charge in [-0.05, 0) is 42.5 Å². The van der Waals surface area contributed by atoms with Crippen molar-refractivity contribution >= 4 is 0 Å². The lowest BCUT2D eigenvalue weighted by Gasteiger charge is -2.43. The van der Waals surface area contributed by atoms with E-state index in [1.54, 1.807) is 7.11 Å². The van der Waals surface area contributed by atoms with Crippen LogP contribution in [0.1, 0.15) is 43.4 Å². The van der Waals surface area contributed by atoms with Gasteiger partial charge in [0.1, 0.15) is 5.75 Å². The van der Waals surface area contributed by atoms with Crippen LogP contribution < -0.4 is 4.74 Å². The predicted molar refractivity (Wildman–Crippen MR) is 108 cm³/mol. The fraction of sp³-hybridized carbons (Fsp3) is 0.478. The molecular formula is C23H31NO3. The van der Waals surface area contributed by atoms with E-state index >= 15 is 0 Å². The summed E-state index contributed by atoms with van der Waals surface area (Å²) < 4.78 is 5.20. The number of rotatable bonds is 7. The molecule has 3 rings (SSSR count). The van der Waals surface area contributed by atoms with Crippen LogP contribution >= 0.6 is 0 Å². The molecule has 1 heterocycles. The first-order valence-electron chi connectivity index (χ1n) is 9.87. The molecule has 0 radical (unpaired) electrons. The summed E-state index contributed by atoms with van der Waals surface area (Å²) in [6.07, 6.45) is 2.48. The van der Waals surface area contributed by atoms with Gasteiger partial charge in [0.25, 0.3) is 0 Å². The van der Waals surface area contributed by atoms with Gasteiger partial charge >= 0.3 is 0 Å². The molecule has 4 heteroatoms. The third-order valence-electron chi connectivity index (χ3n) is 5.81. The van der Waals surface area contributed by atoms with E-state index < -0.39 is 11.7 Å². The molecule has 2 aromatic carbocycles. The Morgan fingerprint density at radius 1 is 1.04 bits per heavy atom. The van der Waals surface area contributed by atoms with E-state index in [4.69, 9.17) is 4.74 Å². The van der Waals surface area contributed by atoms with E-state index in [2.05, 4.69) is 24.0 Å². The molecule has 0 bridgehead atoms. The van der Waals surface area contributed by atoms with Crippen LogP contribution in [0.4, 0.5) is 0 Å². The maximum atomic E-state index is 11.0. The van der Waals surface area contributed by atoms with Crippen molar-refractivity contribution in [2.24, 2.45) is 0 Å². The van der Waals surface area contributed by atoms with Crippen LogP contribution in [0.5, 0.6) is 5.75 Å². The first-order valence-corrected chi connectivity index (χ1v) is 9.87. The Morgan fingerprint density at radius 3 is 2.22 bits per heavy atom. The van der Waals surface area contributed by atoms with Crippen molar-refractivity contribution < 1.29 is 14.9 Å². The molecule has 0 amide bonds. The van der Waals surface area contributed by atoms with E-state index in [0.717, 1.165) is 43.7 Å². The number of piperidine rings is 1. The molecule has 1 saturated heterocycles. The summed E-state index contributed by atoms with van der Waals surface area (Å²) in [7, 11) is 1.64. The first kappa shape index (κ1) is 19.9. The third kappa shape index (κ3) is 4.89. The molecule has 2 unspecified atom stereocenters. The fourth-order valence-electron chi connectivity index (χ4n) is 4.13. The highest BCUT2D eigenvalue weighted by molar-refractivity contribution is 5.29. The molecule has 0 spiro atoms. The Morgan fingerprint density at radius 2 is 1.67 bits per heavy atom. The molecule has 0 aliphatic carbocycles. The smallest absolute Gasteiger partial charge is 0.118 e. The zero-order valence-corrected chi connectivity index (χ0v) is 16.3. The van der Waals surface area contributed by atoms with Gasteiger partial charge in [0.2, 0.25) is 0 Å². The lowest BCUT2D eigenvalue weighted by molar-refractivity contribution is -0.0497. The van der Waals surface area contributed by atoms with Crippen LogP contribution in [-0.2, 0) is 6.42 Å². The molecule has 146 valence electrons. The van der Waals surface area contributed by atoms with Crippen molar-refractivity contribution in [2.45, 2.75) is 50.4 Å². The zero-order valence-electron chi connectivity index (χ0n) is 16.3. The summed E-state index contributed by atoms with van der Waals surface area (Å²) in [6.45, 7) is 3.71. The van der Waals surface area contributed by atoms with Gasteiger partial charge in [0.05, 0.1) is 18.8 Å². The van der Waals surface area contributed by atoms with E-state index in [1.807, 2.05) is 42.5 Å². The molecule has 1 aliphatic heterocycles. The standard InChI is InChI=1S/C23H31NO3/c1-3-21(22(25)19-9-11-20(27-2)12-10-19)24-15-13-23(26,14-16-24)17-18-7-5-4-6-8-18/h4-12,21-22,25-26H,3,13-17H2,1-2H3. The SMILES string of the molecule is CCC(C(O)c1ccc(OC)cc1)N1CCC(O)(Cc2ccccc2)CC1. The summed E-state index contributed by atoms with van der Waals surface area (Å²) >= 11 is 0. The number of aliphatic hydroxyl groups excluding tert-OH is 1. The van der Waals surface area contributed by atoms with Crippen LogP contribution in [0.25, 0.3) is 0 Å². The number of nitrogens with zero attached hydrogens (tertiary/aromatic N) is 1. The summed E-state index contributed by atoms with van der Waals surface area (Å²) in [5.74, 6) is 0.794. The van der Waals surface area contributed by atoms with Crippen LogP contribution in [-0.4, -0.2) is 47.0 Å². The molecule has 27 heavy (non-hydrogen) atoms. The van der Waals surface area contributed by atoms with Gasteiger partial charge in [-0.1, -0.05) is 49.4 Å². The minimum absolute atomic E-state index is 0.0553. The largest absolute Gasteiger partial charge is 0.497 e. The van der Waals surface area contributed by atoms with E-state index in [9.17, 15) is 10.2 Å². The van der Waals surface area contributed by atoms with E-state index in [-0.39, 0.29) is 6.04 Å². The molecule has 2 atom stereocenters. The van der Waals surface area contributed by atoms with Crippen molar-refractivity contribution in [3.63, 3.8) is 0 Å². The first-order chi connectivity index (χ1) is 13.0. The van der Waals surface area contributed by atoms with E-state index in [1.165, 1.54) is 5.56 Å². The summed E-state index contributed by atoms with van der Waals surface area (Å²) in [6, 6.07) is 17.9. The quantitative estimate of drug-likeness (QED) is 0.783. The molecule has 0 aromatic heterocycles. The maximum Gasteiger partial charge on any atom is 0.118 e. The molecule has 4 nitrogen and oxygen atoms in total. The van der Waals surface area contributed by atoms with E-state index in [0.29, 0.717) is 6.42 Å².